The summed E-state index contributed by atoms with van der Waals surface area (Å²) < 4.78 is 24.0. The number of nitrogens with one attached hydrogen (secondary N) is 1. The van der Waals surface area contributed by atoms with Gasteiger partial charge in [0.1, 0.15) is 18.2 Å². The molecule has 1 aliphatic heterocycles. The summed E-state index contributed by atoms with van der Waals surface area (Å²) in [6.45, 7) is 4.89. The number of aromatic amines is 1. The van der Waals surface area contributed by atoms with Crippen LogP contribution in [-0.2, 0) is 11.3 Å². The highest BCUT2D eigenvalue weighted by atomic mass is 19.1. The van der Waals surface area contributed by atoms with Gasteiger partial charge in [0, 0.05) is 39.3 Å². The topological polar surface area (TPSA) is 70.7 Å². The Morgan fingerprint density at radius 1 is 1.38 bits per heavy atom. The lowest BCUT2D eigenvalue weighted by Gasteiger charge is -2.28. The van der Waals surface area contributed by atoms with Crippen molar-refractivity contribution in [2.75, 3.05) is 46.4 Å². The SMILES string of the molecule is CN(CCN1CCOCC1)C(=O)c1cc(COc2cccc(F)c2)[nH]n1. The molecule has 3 rings (SSSR count). The van der Waals surface area contributed by atoms with Gasteiger partial charge in [-0.25, -0.2) is 4.39 Å². The molecule has 1 N–H and O–H groups in total. The minimum absolute atomic E-state index is 0.147. The Kier molecular flexibility index (Phi) is 6.19. The van der Waals surface area contributed by atoms with Crippen LogP contribution in [0.4, 0.5) is 4.39 Å². The third kappa shape index (κ3) is 5.03. The Morgan fingerprint density at radius 2 is 2.19 bits per heavy atom. The zero-order valence-electron chi connectivity index (χ0n) is 14.8. The number of rotatable bonds is 7. The smallest absolute Gasteiger partial charge is 0.274 e. The number of carbonyl (C=O) groups excluding carboxylic acids is 1. The molecular formula is C18H23FN4O3. The molecule has 0 spiro atoms. The first kappa shape index (κ1) is 18.3. The average molecular weight is 362 g/mol. The van der Waals surface area contributed by atoms with E-state index in [1.807, 2.05) is 0 Å². The Labute approximate surface area is 151 Å². The number of ether oxygens (including phenoxy) is 2. The van der Waals surface area contributed by atoms with Crippen LogP contribution in [0.2, 0.25) is 0 Å². The number of aromatic nitrogens is 2. The first-order valence-electron chi connectivity index (χ1n) is 8.60. The van der Waals surface area contributed by atoms with E-state index in [4.69, 9.17) is 9.47 Å². The van der Waals surface area contributed by atoms with Gasteiger partial charge in [0.2, 0.25) is 0 Å². The molecule has 1 amide bonds. The first-order chi connectivity index (χ1) is 12.6. The molecule has 1 saturated heterocycles. The lowest BCUT2D eigenvalue weighted by atomic mass is 10.3. The fraction of sp³-hybridized carbons (Fsp3) is 0.444. The van der Waals surface area contributed by atoms with Gasteiger partial charge in [-0.1, -0.05) is 6.07 Å². The maximum Gasteiger partial charge on any atom is 0.274 e. The molecule has 7 nitrogen and oxygen atoms in total. The zero-order valence-corrected chi connectivity index (χ0v) is 14.8. The van der Waals surface area contributed by atoms with Crippen LogP contribution in [-0.4, -0.2) is 72.3 Å². The minimum Gasteiger partial charge on any atom is -0.487 e. The number of hydrogen-bond donors (Lipinski definition) is 1. The van der Waals surface area contributed by atoms with Gasteiger partial charge >= 0.3 is 0 Å². The van der Waals surface area contributed by atoms with E-state index in [9.17, 15) is 9.18 Å². The largest absolute Gasteiger partial charge is 0.487 e. The standard InChI is InChI=1S/C18H23FN4O3/c1-22(5-6-23-7-9-25-10-8-23)18(24)17-12-15(20-21-17)13-26-16-4-2-3-14(19)11-16/h2-4,11-12H,5-10,13H2,1H3,(H,20,21). The van der Waals surface area contributed by atoms with Crippen LogP contribution < -0.4 is 4.74 Å². The van der Waals surface area contributed by atoms with Gasteiger partial charge < -0.3 is 14.4 Å². The second-order valence-electron chi connectivity index (χ2n) is 6.21. The van der Waals surface area contributed by atoms with E-state index in [1.54, 1.807) is 30.1 Å². The van der Waals surface area contributed by atoms with E-state index in [0.717, 1.165) is 32.8 Å². The third-order valence-electron chi connectivity index (χ3n) is 4.24. The number of nitrogens with zero attached hydrogens (tertiary/aromatic N) is 3. The predicted octanol–water partition coefficient (Wildman–Crippen LogP) is 1.53. The number of morpholine rings is 1. The Balaban J connectivity index is 1.48. The van der Waals surface area contributed by atoms with Crippen molar-refractivity contribution in [3.63, 3.8) is 0 Å². The molecular weight excluding hydrogens is 339 g/mol. The summed E-state index contributed by atoms with van der Waals surface area (Å²) in [5.41, 5.74) is 0.992. The maximum absolute atomic E-state index is 13.1. The normalized spacial score (nSPS) is 15.0. The second-order valence-corrected chi connectivity index (χ2v) is 6.21. The fourth-order valence-electron chi connectivity index (χ4n) is 2.68. The van der Waals surface area contributed by atoms with Crippen molar-refractivity contribution >= 4 is 5.91 Å². The molecule has 0 bridgehead atoms. The summed E-state index contributed by atoms with van der Waals surface area (Å²) in [6.07, 6.45) is 0. The molecule has 8 heteroatoms. The molecule has 26 heavy (non-hydrogen) atoms. The predicted molar refractivity (Wildman–Crippen MR) is 93.5 cm³/mol. The van der Waals surface area contributed by atoms with Gasteiger partial charge in [0.15, 0.2) is 5.69 Å². The molecule has 0 radical (unpaired) electrons. The molecule has 2 heterocycles. The van der Waals surface area contributed by atoms with Crippen molar-refractivity contribution in [2.45, 2.75) is 6.61 Å². The molecule has 0 saturated carbocycles. The van der Waals surface area contributed by atoms with Crippen molar-refractivity contribution in [3.05, 3.63) is 47.5 Å². The fourth-order valence-corrected chi connectivity index (χ4v) is 2.68. The van der Waals surface area contributed by atoms with Gasteiger partial charge in [-0.15, -0.1) is 0 Å². The van der Waals surface area contributed by atoms with E-state index in [2.05, 4.69) is 15.1 Å². The molecule has 1 aromatic carbocycles. The number of likely N-dealkylation sites (N-methyl/N-ethyl adjacent to an activating group) is 1. The quantitative estimate of drug-likeness (QED) is 0.809. The van der Waals surface area contributed by atoms with Crippen LogP contribution in [0.1, 0.15) is 16.2 Å². The summed E-state index contributed by atoms with van der Waals surface area (Å²) in [5, 5.41) is 6.85. The van der Waals surface area contributed by atoms with E-state index in [0.29, 0.717) is 23.7 Å². The number of H-pyrrole nitrogens is 1. The number of benzene rings is 1. The summed E-state index contributed by atoms with van der Waals surface area (Å²) >= 11 is 0. The molecule has 0 unspecified atom stereocenters. The molecule has 0 aliphatic carbocycles. The van der Waals surface area contributed by atoms with Gasteiger partial charge in [0.25, 0.3) is 5.91 Å². The van der Waals surface area contributed by atoms with Crippen LogP contribution in [0, 0.1) is 5.82 Å². The van der Waals surface area contributed by atoms with Crippen LogP contribution in [0.15, 0.2) is 30.3 Å². The molecule has 1 aromatic heterocycles. The van der Waals surface area contributed by atoms with Crippen molar-refractivity contribution in [1.82, 2.24) is 20.0 Å². The highest BCUT2D eigenvalue weighted by molar-refractivity contribution is 5.92. The number of carbonyl (C=O) groups is 1. The Hall–Kier alpha value is -2.45. The molecule has 1 aliphatic rings. The highest BCUT2D eigenvalue weighted by Crippen LogP contribution is 2.14. The minimum atomic E-state index is -0.357. The average Bonchev–Trinajstić information content (AvgIpc) is 3.14. The van der Waals surface area contributed by atoms with Gasteiger partial charge in [-0.2, -0.15) is 5.10 Å². The van der Waals surface area contributed by atoms with E-state index >= 15 is 0 Å². The van der Waals surface area contributed by atoms with E-state index in [1.165, 1.54) is 12.1 Å². The van der Waals surface area contributed by atoms with Gasteiger partial charge in [-0.3, -0.25) is 14.8 Å². The van der Waals surface area contributed by atoms with Crippen molar-refractivity contribution in [3.8, 4) is 5.75 Å². The summed E-state index contributed by atoms with van der Waals surface area (Å²) in [4.78, 5) is 16.4. The zero-order chi connectivity index (χ0) is 18.4. The van der Waals surface area contributed by atoms with Crippen molar-refractivity contribution < 1.29 is 18.7 Å². The molecule has 1 fully saturated rings. The molecule has 140 valence electrons. The molecule has 0 atom stereocenters. The van der Waals surface area contributed by atoms with Crippen LogP contribution in [0.5, 0.6) is 5.75 Å². The van der Waals surface area contributed by atoms with Crippen LogP contribution in [0.25, 0.3) is 0 Å². The van der Waals surface area contributed by atoms with E-state index in [-0.39, 0.29) is 18.3 Å². The lowest BCUT2D eigenvalue weighted by Crippen LogP contribution is -2.42. The van der Waals surface area contributed by atoms with Crippen LogP contribution in [0.3, 0.4) is 0 Å². The number of amides is 1. The number of hydrogen-bond acceptors (Lipinski definition) is 5. The first-order valence-corrected chi connectivity index (χ1v) is 8.60. The summed E-state index contributed by atoms with van der Waals surface area (Å²) in [7, 11) is 1.76. The Morgan fingerprint density at radius 3 is 2.96 bits per heavy atom. The highest BCUT2D eigenvalue weighted by Gasteiger charge is 2.17. The summed E-state index contributed by atoms with van der Waals surface area (Å²) in [6, 6.07) is 7.57. The Bertz CT molecular complexity index is 731. The third-order valence-corrected chi connectivity index (χ3v) is 4.24. The van der Waals surface area contributed by atoms with Gasteiger partial charge in [0.05, 0.1) is 18.9 Å². The lowest BCUT2D eigenvalue weighted by molar-refractivity contribution is 0.0338. The summed E-state index contributed by atoms with van der Waals surface area (Å²) in [5.74, 6) is -0.0773. The number of halogens is 1. The maximum atomic E-state index is 13.1. The molecule has 2 aromatic rings. The van der Waals surface area contributed by atoms with E-state index < -0.39 is 0 Å². The monoisotopic (exact) mass is 362 g/mol. The van der Waals surface area contributed by atoms with Crippen molar-refractivity contribution in [1.29, 1.82) is 0 Å². The van der Waals surface area contributed by atoms with Crippen LogP contribution >= 0.6 is 0 Å². The second kappa shape index (κ2) is 8.77. The van der Waals surface area contributed by atoms with Crippen molar-refractivity contribution in [2.24, 2.45) is 0 Å². The van der Waals surface area contributed by atoms with Gasteiger partial charge in [-0.05, 0) is 18.2 Å².